The van der Waals surface area contributed by atoms with Crippen molar-refractivity contribution in [3.8, 4) is 0 Å². The topological polar surface area (TPSA) is 47.6 Å². The van der Waals surface area contributed by atoms with Gasteiger partial charge >= 0.3 is 5.97 Å². The molecule has 4 nitrogen and oxygen atoms in total. The van der Waals surface area contributed by atoms with E-state index in [0.717, 1.165) is 39.0 Å². The molecule has 0 aromatic heterocycles. The molecule has 2 atom stereocenters. The Labute approximate surface area is 90.3 Å². The Hall–Kier alpha value is -0.610. The predicted molar refractivity (Wildman–Crippen MR) is 55.5 cm³/mol. The molecule has 0 radical (unpaired) electrons. The van der Waals surface area contributed by atoms with Crippen molar-refractivity contribution in [1.29, 1.82) is 0 Å². The van der Waals surface area contributed by atoms with E-state index in [-0.39, 0.29) is 12.0 Å². The second-order valence-electron chi connectivity index (χ2n) is 4.36. The molecule has 15 heavy (non-hydrogen) atoms. The lowest BCUT2D eigenvalue weighted by atomic mass is 10.1. The number of piperidine rings is 1. The number of carbonyl (C=O) groups excluding carboxylic acids is 1. The normalized spacial score (nSPS) is 31.5. The highest BCUT2D eigenvalue weighted by Crippen LogP contribution is 2.14. The van der Waals surface area contributed by atoms with Gasteiger partial charge in [-0.2, -0.15) is 0 Å². The largest absolute Gasteiger partial charge is 0.464 e. The molecule has 0 amide bonds. The van der Waals surface area contributed by atoms with Crippen molar-refractivity contribution in [2.24, 2.45) is 5.92 Å². The maximum Gasteiger partial charge on any atom is 0.323 e. The number of ether oxygens (including phenoxy) is 2. The summed E-state index contributed by atoms with van der Waals surface area (Å²) in [6, 6.07) is -0.0685. The Kier molecular flexibility index (Phi) is 3.97. The molecule has 4 heteroatoms. The average molecular weight is 213 g/mol. The molecule has 0 aliphatic carbocycles. The first-order valence-electron chi connectivity index (χ1n) is 5.84. The van der Waals surface area contributed by atoms with Gasteiger partial charge in [-0.3, -0.25) is 4.79 Å². The minimum Gasteiger partial charge on any atom is -0.464 e. The summed E-state index contributed by atoms with van der Waals surface area (Å²) in [4.78, 5) is 11.6. The summed E-state index contributed by atoms with van der Waals surface area (Å²) in [7, 11) is 0. The maximum absolute atomic E-state index is 11.6. The highest BCUT2D eigenvalue weighted by molar-refractivity contribution is 5.75. The summed E-state index contributed by atoms with van der Waals surface area (Å²) < 4.78 is 10.5. The lowest BCUT2D eigenvalue weighted by Gasteiger charge is -2.22. The molecule has 0 aromatic carbocycles. The van der Waals surface area contributed by atoms with E-state index in [9.17, 15) is 4.79 Å². The number of esters is 1. The third kappa shape index (κ3) is 3.18. The summed E-state index contributed by atoms with van der Waals surface area (Å²) in [6.07, 6.45) is 4.23. The molecular formula is C11H19NO3. The second-order valence-corrected chi connectivity index (χ2v) is 4.36. The van der Waals surface area contributed by atoms with Crippen molar-refractivity contribution in [2.75, 3.05) is 26.4 Å². The van der Waals surface area contributed by atoms with E-state index in [1.165, 1.54) is 6.42 Å². The molecule has 0 aromatic rings. The third-order valence-electron chi connectivity index (χ3n) is 3.08. The predicted octanol–water partition coefficient (Wildman–Crippen LogP) is 0.708. The van der Waals surface area contributed by atoms with Gasteiger partial charge in [0.15, 0.2) is 0 Å². The Morgan fingerprint density at radius 1 is 1.40 bits per heavy atom. The molecule has 0 bridgehead atoms. The van der Waals surface area contributed by atoms with Crippen LogP contribution < -0.4 is 5.32 Å². The molecule has 2 aliphatic heterocycles. The number of nitrogens with one attached hydrogen (secondary N) is 1. The van der Waals surface area contributed by atoms with Crippen molar-refractivity contribution in [2.45, 2.75) is 31.7 Å². The van der Waals surface area contributed by atoms with E-state index < -0.39 is 0 Å². The first-order chi connectivity index (χ1) is 7.36. The molecule has 2 fully saturated rings. The van der Waals surface area contributed by atoms with E-state index in [0.29, 0.717) is 12.5 Å². The summed E-state index contributed by atoms with van der Waals surface area (Å²) in [6.45, 7) is 3.01. The Morgan fingerprint density at radius 2 is 2.33 bits per heavy atom. The lowest BCUT2D eigenvalue weighted by molar-refractivity contribution is -0.148. The second kappa shape index (κ2) is 5.47. The van der Waals surface area contributed by atoms with Crippen molar-refractivity contribution in [3.63, 3.8) is 0 Å². The van der Waals surface area contributed by atoms with E-state index in [4.69, 9.17) is 9.47 Å². The van der Waals surface area contributed by atoms with Crippen LogP contribution in [0, 0.1) is 5.92 Å². The van der Waals surface area contributed by atoms with Crippen LogP contribution in [-0.4, -0.2) is 38.4 Å². The molecule has 1 N–H and O–H groups in total. The van der Waals surface area contributed by atoms with Crippen LogP contribution in [0.2, 0.25) is 0 Å². The summed E-state index contributed by atoms with van der Waals surface area (Å²) in [5.41, 5.74) is 0. The molecule has 86 valence electrons. The first-order valence-corrected chi connectivity index (χ1v) is 5.84. The van der Waals surface area contributed by atoms with Gasteiger partial charge in [-0.05, 0) is 25.8 Å². The highest BCUT2D eigenvalue weighted by Gasteiger charge is 2.24. The zero-order valence-electron chi connectivity index (χ0n) is 9.04. The number of hydrogen-bond acceptors (Lipinski definition) is 4. The van der Waals surface area contributed by atoms with Gasteiger partial charge in [0, 0.05) is 12.5 Å². The summed E-state index contributed by atoms with van der Waals surface area (Å²) >= 11 is 0. The van der Waals surface area contributed by atoms with Crippen LogP contribution in [-0.2, 0) is 14.3 Å². The van der Waals surface area contributed by atoms with Crippen LogP contribution >= 0.6 is 0 Å². The maximum atomic E-state index is 11.6. The van der Waals surface area contributed by atoms with Gasteiger partial charge in [-0.25, -0.2) is 0 Å². The van der Waals surface area contributed by atoms with Gasteiger partial charge in [-0.15, -0.1) is 0 Å². The van der Waals surface area contributed by atoms with Crippen molar-refractivity contribution in [1.82, 2.24) is 5.32 Å². The molecule has 0 spiro atoms. The van der Waals surface area contributed by atoms with Gasteiger partial charge in [-0.1, -0.05) is 6.42 Å². The minimum absolute atomic E-state index is 0.0685. The smallest absolute Gasteiger partial charge is 0.323 e. The van der Waals surface area contributed by atoms with Crippen LogP contribution in [0.3, 0.4) is 0 Å². The average Bonchev–Trinajstić information content (AvgIpc) is 2.80. The molecular weight excluding hydrogens is 194 g/mol. The van der Waals surface area contributed by atoms with Crippen molar-refractivity contribution >= 4 is 5.97 Å². The van der Waals surface area contributed by atoms with Crippen LogP contribution in [0.5, 0.6) is 0 Å². The number of rotatable bonds is 3. The number of carbonyl (C=O) groups is 1. The minimum atomic E-state index is -0.0819. The highest BCUT2D eigenvalue weighted by atomic mass is 16.5. The van der Waals surface area contributed by atoms with Gasteiger partial charge in [0.2, 0.25) is 0 Å². The fourth-order valence-corrected chi connectivity index (χ4v) is 2.07. The fraction of sp³-hybridized carbons (Fsp3) is 0.909. The van der Waals surface area contributed by atoms with Gasteiger partial charge in [0.25, 0.3) is 0 Å². The van der Waals surface area contributed by atoms with Crippen LogP contribution in [0.1, 0.15) is 25.7 Å². The molecule has 0 saturated carbocycles. The summed E-state index contributed by atoms with van der Waals surface area (Å²) in [5, 5.41) is 3.19. The zero-order chi connectivity index (χ0) is 10.5. The van der Waals surface area contributed by atoms with E-state index in [2.05, 4.69) is 5.32 Å². The quantitative estimate of drug-likeness (QED) is 0.701. The molecule has 1 unspecified atom stereocenters. The number of hydrogen-bond donors (Lipinski definition) is 1. The van der Waals surface area contributed by atoms with Gasteiger partial charge < -0.3 is 14.8 Å². The van der Waals surface area contributed by atoms with Crippen LogP contribution in [0.25, 0.3) is 0 Å². The van der Waals surface area contributed by atoms with E-state index in [1.54, 1.807) is 0 Å². The molecule has 2 rings (SSSR count). The van der Waals surface area contributed by atoms with Crippen LogP contribution in [0.4, 0.5) is 0 Å². The monoisotopic (exact) mass is 213 g/mol. The zero-order valence-corrected chi connectivity index (χ0v) is 9.04. The SMILES string of the molecule is O=C(OCC1CCOC1)[C@@H]1CCCCN1. The third-order valence-corrected chi connectivity index (χ3v) is 3.08. The molecule has 2 heterocycles. The summed E-state index contributed by atoms with van der Waals surface area (Å²) in [5.74, 6) is 0.333. The van der Waals surface area contributed by atoms with Crippen molar-refractivity contribution in [3.05, 3.63) is 0 Å². The van der Waals surface area contributed by atoms with Crippen LogP contribution in [0.15, 0.2) is 0 Å². The van der Waals surface area contributed by atoms with Gasteiger partial charge in [0.1, 0.15) is 6.04 Å². The van der Waals surface area contributed by atoms with Crippen molar-refractivity contribution < 1.29 is 14.3 Å². The van der Waals surface area contributed by atoms with Gasteiger partial charge in [0.05, 0.1) is 13.2 Å². The first kappa shape index (κ1) is 10.9. The molecule has 2 aliphatic rings. The standard InChI is InChI=1S/C11H19NO3/c13-11(10-3-1-2-5-12-10)15-8-9-4-6-14-7-9/h9-10,12H,1-8H2/t9?,10-/m0/s1. The van der Waals surface area contributed by atoms with E-state index >= 15 is 0 Å². The Morgan fingerprint density at radius 3 is 3.00 bits per heavy atom. The Bertz CT molecular complexity index is 208. The van der Waals surface area contributed by atoms with E-state index in [1.807, 2.05) is 0 Å². The lowest BCUT2D eigenvalue weighted by Crippen LogP contribution is -2.41. The molecule has 2 saturated heterocycles. The fourth-order valence-electron chi connectivity index (χ4n) is 2.07. The Balaban J connectivity index is 1.66.